The number of halogens is 7. The van der Waals surface area contributed by atoms with Gasteiger partial charge in [-0.2, -0.15) is 13.2 Å². The van der Waals surface area contributed by atoms with Gasteiger partial charge >= 0.3 is 6.18 Å². The Morgan fingerprint density at radius 2 is 1.88 bits per heavy atom. The molecule has 0 radical (unpaired) electrons. The summed E-state index contributed by atoms with van der Waals surface area (Å²) in [5.74, 6) is -1.18. The molecule has 0 spiro atoms. The molecule has 1 N–H and O–H groups in total. The molecule has 0 bridgehead atoms. The number of aliphatic hydroxyl groups is 1. The minimum absolute atomic E-state index is 0.0273. The first kappa shape index (κ1) is 17.8. The number of hydrogen-bond donors (Lipinski definition) is 1. The van der Waals surface area contributed by atoms with Gasteiger partial charge in [0, 0.05) is 23.1 Å². The zero-order valence-electron chi connectivity index (χ0n) is 12.5. The number of rotatable bonds is 2. The van der Waals surface area contributed by atoms with Crippen LogP contribution in [0.15, 0.2) is 24.4 Å². The van der Waals surface area contributed by atoms with E-state index in [1.165, 1.54) is 0 Å². The summed E-state index contributed by atoms with van der Waals surface area (Å²) in [6.45, 7) is 0. The van der Waals surface area contributed by atoms with Crippen LogP contribution in [0.1, 0.15) is 41.3 Å². The molecule has 9 heteroatoms. The van der Waals surface area contributed by atoms with Gasteiger partial charge in [-0.05, 0) is 31.0 Å². The SMILES string of the molecule is O[C@H]1c2c(C(F)(F)F)cn(-c3ccc(F)c(C(F)F)c3)c2CC[C@@H]1F. The minimum atomic E-state index is -4.86. The lowest BCUT2D eigenvalue weighted by molar-refractivity contribution is -0.139. The second kappa shape index (κ2) is 6.05. The standard InChI is InChI=1S/C16H12F7NO/c17-10-2-1-7(5-8(10)15(19)20)24-6-9(16(21,22)23)13-12(24)4-3-11(18)14(13)25/h1-2,5-6,11,14-15,25H,3-4H2/t11-,14+/m0/s1. The summed E-state index contributed by atoms with van der Waals surface area (Å²) >= 11 is 0. The van der Waals surface area contributed by atoms with E-state index < -0.39 is 47.4 Å². The van der Waals surface area contributed by atoms with Gasteiger partial charge in [0.05, 0.1) is 11.1 Å². The van der Waals surface area contributed by atoms with Crippen molar-refractivity contribution in [2.24, 2.45) is 0 Å². The predicted octanol–water partition coefficient (Wildman–Crippen LogP) is 4.89. The average molecular weight is 367 g/mol. The molecule has 1 aromatic heterocycles. The summed E-state index contributed by atoms with van der Waals surface area (Å²) in [5, 5.41) is 9.85. The first-order valence-electron chi connectivity index (χ1n) is 7.32. The van der Waals surface area contributed by atoms with Crippen molar-refractivity contribution in [3.8, 4) is 5.69 Å². The van der Waals surface area contributed by atoms with Crippen molar-refractivity contribution in [1.29, 1.82) is 0 Å². The highest BCUT2D eigenvalue weighted by Gasteiger charge is 2.43. The molecule has 0 fully saturated rings. The molecule has 1 aliphatic carbocycles. The van der Waals surface area contributed by atoms with Crippen LogP contribution in [0.25, 0.3) is 5.69 Å². The summed E-state index contributed by atoms with van der Waals surface area (Å²) < 4.78 is 93.5. The van der Waals surface area contributed by atoms with Crippen LogP contribution in [0.3, 0.4) is 0 Å². The van der Waals surface area contributed by atoms with Crippen molar-refractivity contribution in [3.05, 3.63) is 52.6 Å². The second-order valence-corrected chi connectivity index (χ2v) is 5.78. The van der Waals surface area contributed by atoms with E-state index in [0.29, 0.717) is 6.20 Å². The molecule has 1 aliphatic rings. The Hall–Kier alpha value is -2.03. The highest BCUT2D eigenvalue weighted by Crippen LogP contribution is 2.43. The van der Waals surface area contributed by atoms with Crippen molar-refractivity contribution in [1.82, 2.24) is 4.57 Å². The van der Waals surface area contributed by atoms with E-state index in [1.807, 2.05) is 0 Å². The molecule has 0 unspecified atom stereocenters. The molecule has 136 valence electrons. The van der Waals surface area contributed by atoms with Gasteiger partial charge in [0.25, 0.3) is 6.43 Å². The van der Waals surface area contributed by atoms with Gasteiger partial charge in [-0.3, -0.25) is 0 Å². The molecule has 1 aromatic carbocycles. The zero-order valence-corrected chi connectivity index (χ0v) is 12.5. The van der Waals surface area contributed by atoms with Gasteiger partial charge in [-0.1, -0.05) is 0 Å². The molecule has 2 aromatic rings. The molecule has 0 amide bonds. The van der Waals surface area contributed by atoms with Crippen LogP contribution in [-0.2, 0) is 12.6 Å². The fourth-order valence-corrected chi connectivity index (χ4v) is 3.06. The van der Waals surface area contributed by atoms with E-state index in [1.54, 1.807) is 0 Å². The summed E-state index contributed by atoms with van der Waals surface area (Å²) in [7, 11) is 0. The van der Waals surface area contributed by atoms with Crippen LogP contribution in [0.4, 0.5) is 30.7 Å². The third kappa shape index (κ3) is 3.01. The topological polar surface area (TPSA) is 25.2 Å². The monoisotopic (exact) mass is 367 g/mol. The van der Waals surface area contributed by atoms with Gasteiger partial charge < -0.3 is 9.67 Å². The maximum absolute atomic E-state index is 13.7. The van der Waals surface area contributed by atoms with Crippen LogP contribution in [0.2, 0.25) is 0 Å². The number of alkyl halides is 6. The van der Waals surface area contributed by atoms with E-state index in [0.717, 1.165) is 22.8 Å². The lowest BCUT2D eigenvalue weighted by atomic mass is 9.90. The molecule has 3 rings (SSSR count). The fraction of sp³-hybridized carbons (Fsp3) is 0.375. The largest absolute Gasteiger partial charge is 0.418 e. The summed E-state index contributed by atoms with van der Waals surface area (Å²) in [6, 6.07) is 2.53. The molecule has 1 heterocycles. The van der Waals surface area contributed by atoms with E-state index in [2.05, 4.69) is 0 Å². The molecule has 2 atom stereocenters. The van der Waals surface area contributed by atoms with Crippen LogP contribution < -0.4 is 0 Å². The van der Waals surface area contributed by atoms with E-state index in [-0.39, 0.29) is 24.2 Å². The summed E-state index contributed by atoms with van der Waals surface area (Å²) in [5.41, 5.74) is -2.93. The van der Waals surface area contributed by atoms with Gasteiger partial charge in [0.1, 0.15) is 18.1 Å². The summed E-state index contributed by atoms with van der Waals surface area (Å²) in [6.07, 6.45) is -11.5. The molecule has 25 heavy (non-hydrogen) atoms. The number of aliphatic hydroxyl groups excluding tert-OH is 1. The second-order valence-electron chi connectivity index (χ2n) is 5.78. The Morgan fingerprint density at radius 1 is 1.20 bits per heavy atom. The Bertz CT molecular complexity index is 797. The Kier molecular flexibility index (Phi) is 4.30. The van der Waals surface area contributed by atoms with Crippen LogP contribution >= 0.6 is 0 Å². The lowest BCUT2D eigenvalue weighted by Crippen LogP contribution is -2.24. The lowest BCUT2D eigenvalue weighted by Gasteiger charge is -2.25. The average Bonchev–Trinajstić information content (AvgIpc) is 2.91. The van der Waals surface area contributed by atoms with Crippen molar-refractivity contribution in [2.45, 2.75) is 37.7 Å². The molecular weight excluding hydrogens is 355 g/mol. The molecule has 2 nitrogen and oxygen atoms in total. The Morgan fingerprint density at radius 3 is 2.48 bits per heavy atom. The van der Waals surface area contributed by atoms with Gasteiger partial charge in [0.15, 0.2) is 0 Å². The Balaban J connectivity index is 2.22. The third-order valence-corrected chi connectivity index (χ3v) is 4.24. The first-order valence-corrected chi connectivity index (χ1v) is 7.32. The maximum Gasteiger partial charge on any atom is 0.418 e. The number of aromatic nitrogens is 1. The van der Waals surface area contributed by atoms with Gasteiger partial charge in [-0.25, -0.2) is 17.6 Å². The highest BCUT2D eigenvalue weighted by molar-refractivity contribution is 5.47. The van der Waals surface area contributed by atoms with Crippen LogP contribution in [0, 0.1) is 5.82 Å². The molecule has 0 saturated heterocycles. The summed E-state index contributed by atoms with van der Waals surface area (Å²) in [4.78, 5) is 0. The number of benzene rings is 1. The van der Waals surface area contributed by atoms with E-state index in [4.69, 9.17) is 0 Å². The smallest absolute Gasteiger partial charge is 0.385 e. The minimum Gasteiger partial charge on any atom is -0.385 e. The fourth-order valence-electron chi connectivity index (χ4n) is 3.06. The van der Waals surface area contributed by atoms with E-state index >= 15 is 0 Å². The van der Waals surface area contributed by atoms with E-state index in [9.17, 15) is 35.8 Å². The molecule has 0 aliphatic heterocycles. The number of hydrogen-bond acceptors (Lipinski definition) is 1. The Labute approximate surface area is 137 Å². The van der Waals surface area contributed by atoms with Crippen molar-refractivity contribution >= 4 is 0 Å². The molecular formula is C16H12F7NO. The zero-order chi connectivity index (χ0) is 18.5. The maximum atomic E-state index is 13.7. The number of nitrogens with zero attached hydrogens (tertiary/aromatic N) is 1. The number of fused-ring (bicyclic) bond motifs is 1. The molecule has 0 saturated carbocycles. The highest BCUT2D eigenvalue weighted by atomic mass is 19.4. The van der Waals surface area contributed by atoms with Crippen molar-refractivity contribution in [3.63, 3.8) is 0 Å². The predicted molar refractivity (Wildman–Crippen MR) is 73.9 cm³/mol. The quantitative estimate of drug-likeness (QED) is 0.752. The van der Waals surface area contributed by atoms with Crippen LogP contribution in [-0.4, -0.2) is 15.8 Å². The van der Waals surface area contributed by atoms with Crippen molar-refractivity contribution in [2.75, 3.05) is 0 Å². The normalized spacial score (nSPS) is 20.8. The van der Waals surface area contributed by atoms with Gasteiger partial charge in [-0.15, -0.1) is 0 Å². The first-order chi connectivity index (χ1) is 11.6. The van der Waals surface area contributed by atoms with Crippen molar-refractivity contribution < 1.29 is 35.8 Å². The third-order valence-electron chi connectivity index (χ3n) is 4.24. The van der Waals surface area contributed by atoms with Crippen LogP contribution in [0.5, 0.6) is 0 Å². The van der Waals surface area contributed by atoms with Gasteiger partial charge in [0.2, 0.25) is 0 Å².